The summed E-state index contributed by atoms with van der Waals surface area (Å²) in [4.78, 5) is 12.7. The third-order valence-corrected chi connectivity index (χ3v) is 5.18. The van der Waals surface area contributed by atoms with Crippen LogP contribution in [0, 0.1) is 5.92 Å². The van der Waals surface area contributed by atoms with Crippen molar-refractivity contribution < 1.29 is 13.2 Å². The van der Waals surface area contributed by atoms with E-state index in [0.717, 1.165) is 12.0 Å². The molecular weight excluding hydrogens is 346 g/mol. The lowest BCUT2D eigenvalue weighted by atomic mass is 9.94. The monoisotopic (exact) mass is 373 g/mol. The van der Waals surface area contributed by atoms with E-state index in [4.69, 9.17) is 0 Å². The Labute approximate surface area is 156 Å². The fourth-order valence-electron chi connectivity index (χ4n) is 2.93. The molecule has 0 heterocycles. The van der Waals surface area contributed by atoms with Crippen molar-refractivity contribution in [1.29, 1.82) is 0 Å². The Morgan fingerprint density at radius 3 is 2.23 bits per heavy atom. The topological polar surface area (TPSA) is 63.2 Å². The second-order valence-corrected chi connectivity index (χ2v) is 9.20. The molecule has 140 valence electrons. The first-order valence-corrected chi connectivity index (χ1v) is 10.9. The summed E-state index contributed by atoms with van der Waals surface area (Å²) >= 11 is 0. The summed E-state index contributed by atoms with van der Waals surface area (Å²) in [5, 5.41) is 3.09. The number of benzene rings is 2. The molecule has 0 aliphatic carbocycles. The van der Waals surface area contributed by atoms with Crippen LogP contribution in [-0.4, -0.2) is 20.6 Å². The molecule has 0 radical (unpaired) electrons. The summed E-state index contributed by atoms with van der Waals surface area (Å²) in [6.45, 7) is 6.25. The largest absolute Gasteiger partial charge is 0.345 e. The van der Waals surface area contributed by atoms with E-state index in [-0.39, 0.29) is 23.6 Å². The Balaban J connectivity index is 2.20. The lowest BCUT2D eigenvalue weighted by Crippen LogP contribution is -2.31. The third kappa shape index (κ3) is 5.70. The maximum Gasteiger partial charge on any atom is 0.251 e. The highest BCUT2D eigenvalue weighted by Gasteiger charge is 2.19. The summed E-state index contributed by atoms with van der Waals surface area (Å²) in [5.74, 6) is -0.0375. The van der Waals surface area contributed by atoms with Gasteiger partial charge in [0.25, 0.3) is 5.91 Å². The number of hydrogen-bond donors (Lipinski definition) is 1. The molecule has 0 fully saturated rings. The van der Waals surface area contributed by atoms with E-state index in [9.17, 15) is 13.2 Å². The molecule has 0 aliphatic rings. The summed E-state index contributed by atoms with van der Waals surface area (Å²) in [6, 6.07) is 15.0. The average Bonchev–Trinajstić information content (AvgIpc) is 2.58. The van der Waals surface area contributed by atoms with E-state index < -0.39 is 9.84 Å². The van der Waals surface area contributed by atoms with Crippen LogP contribution in [0.5, 0.6) is 0 Å². The highest BCUT2D eigenvalue weighted by atomic mass is 32.2. The molecule has 2 aromatic rings. The van der Waals surface area contributed by atoms with Gasteiger partial charge >= 0.3 is 0 Å². The predicted molar refractivity (Wildman–Crippen MR) is 106 cm³/mol. The second-order valence-electron chi connectivity index (χ2n) is 7.06. The van der Waals surface area contributed by atoms with E-state index in [1.807, 2.05) is 0 Å². The van der Waals surface area contributed by atoms with Crippen LogP contribution >= 0.6 is 0 Å². The van der Waals surface area contributed by atoms with Crippen LogP contribution in [0.15, 0.2) is 48.5 Å². The number of amides is 1. The van der Waals surface area contributed by atoms with Crippen LogP contribution in [0.1, 0.15) is 53.9 Å². The molecule has 1 amide bonds. The van der Waals surface area contributed by atoms with Crippen molar-refractivity contribution in [3.8, 4) is 0 Å². The van der Waals surface area contributed by atoms with Gasteiger partial charge in [-0.3, -0.25) is 4.79 Å². The van der Waals surface area contributed by atoms with Crippen molar-refractivity contribution in [2.45, 2.75) is 39.0 Å². The molecule has 1 atom stereocenters. The second kappa shape index (κ2) is 8.49. The van der Waals surface area contributed by atoms with Gasteiger partial charge in [0.2, 0.25) is 0 Å². The summed E-state index contributed by atoms with van der Waals surface area (Å²) < 4.78 is 23.0. The maximum atomic E-state index is 12.7. The normalized spacial score (nSPS) is 12.8. The minimum Gasteiger partial charge on any atom is -0.345 e. The van der Waals surface area contributed by atoms with Crippen LogP contribution in [0.25, 0.3) is 0 Å². The highest BCUT2D eigenvalue weighted by molar-refractivity contribution is 7.89. The first-order valence-electron chi connectivity index (χ1n) is 8.86. The van der Waals surface area contributed by atoms with Crippen LogP contribution in [0.4, 0.5) is 0 Å². The van der Waals surface area contributed by atoms with Gasteiger partial charge in [0.05, 0.1) is 11.8 Å². The van der Waals surface area contributed by atoms with E-state index in [1.165, 1.54) is 11.8 Å². The molecule has 5 heteroatoms. The van der Waals surface area contributed by atoms with Gasteiger partial charge in [-0.2, -0.15) is 0 Å². The number of carbonyl (C=O) groups is 1. The van der Waals surface area contributed by atoms with Crippen LogP contribution in [0.3, 0.4) is 0 Å². The number of nitrogens with one attached hydrogen (secondary N) is 1. The van der Waals surface area contributed by atoms with Crippen molar-refractivity contribution in [2.75, 3.05) is 6.26 Å². The zero-order chi connectivity index (χ0) is 19.3. The molecule has 0 unspecified atom stereocenters. The van der Waals surface area contributed by atoms with Gasteiger partial charge in [-0.05, 0) is 41.2 Å². The Morgan fingerprint density at radius 1 is 1.04 bits per heavy atom. The summed E-state index contributed by atoms with van der Waals surface area (Å²) in [5.41, 5.74) is 3.42. The molecule has 0 aliphatic heterocycles. The van der Waals surface area contributed by atoms with Gasteiger partial charge in [0, 0.05) is 11.8 Å². The van der Waals surface area contributed by atoms with Gasteiger partial charge in [-0.25, -0.2) is 8.42 Å². The summed E-state index contributed by atoms with van der Waals surface area (Å²) in [7, 11) is -3.14. The van der Waals surface area contributed by atoms with Crippen molar-refractivity contribution in [2.24, 2.45) is 5.92 Å². The minimum absolute atomic E-state index is 0.0692. The molecular formula is C21H27NO3S. The van der Waals surface area contributed by atoms with Crippen molar-refractivity contribution >= 4 is 15.7 Å². The SMILES string of the molecule is CCc1ccc([C@@H](NC(=O)c2cccc(CS(C)(=O)=O)c2)C(C)C)cc1. The fourth-order valence-corrected chi connectivity index (χ4v) is 3.71. The van der Waals surface area contributed by atoms with Crippen molar-refractivity contribution in [1.82, 2.24) is 5.32 Å². The smallest absolute Gasteiger partial charge is 0.251 e. The fraction of sp³-hybridized carbons (Fsp3) is 0.381. The van der Waals surface area contributed by atoms with Gasteiger partial charge < -0.3 is 5.32 Å². The lowest BCUT2D eigenvalue weighted by molar-refractivity contribution is 0.0925. The third-order valence-electron chi connectivity index (χ3n) is 4.32. The van der Waals surface area contributed by atoms with E-state index in [0.29, 0.717) is 11.1 Å². The van der Waals surface area contributed by atoms with Crippen LogP contribution in [0.2, 0.25) is 0 Å². The van der Waals surface area contributed by atoms with Gasteiger partial charge in [-0.1, -0.05) is 57.2 Å². The molecule has 4 nitrogen and oxygen atoms in total. The first-order chi connectivity index (χ1) is 12.2. The van der Waals surface area contributed by atoms with Gasteiger partial charge in [0.15, 0.2) is 9.84 Å². The molecule has 1 N–H and O–H groups in total. The zero-order valence-electron chi connectivity index (χ0n) is 15.8. The van der Waals surface area contributed by atoms with E-state index in [2.05, 4.69) is 50.4 Å². The quantitative estimate of drug-likeness (QED) is 0.800. The standard InChI is InChI=1S/C21H27NO3S/c1-5-16-9-11-18(12-10-16)20(15(2)3)22-21(23)19-8-6-7-17(13-19)14-26(4,24)25/h6-13,15,20H,5,14H2,1-4H3,(H,22,23)/t20-/m0/s1. The molecule has 0 aromatic heterocycles. The van der Waals surface area contributed by atoms with Crippen molar-refractivity contribution in [3.05, 3.63) is 70.8 Å². The molecule has 2 rings (SSSR count). The molecule has 0 bridgehead atoms. The first kappa shape index (κ1) is 20.2. The number of aryl methyl sites for hydroxylation is 1. The van der Waals surface area contributed by atoms with E-state index in [1.54, 1.807) is 24.3 Å². The lowest BCUT2D eigenvalue weighted by Gasteiger charge is -2.23. The summed E-state index contributed by atoms with van der Waals surface area (Å²) in [6.07, 6.45) is 2.17. The van der Waals surface area contributed by atoms with Gasteiger partial charge in [-0.15, -0.1) is 0 Å². The molecule has 2 aromatic carbocycles. The Morgan fingerprint density at radius 2 is 1.69 bits per heavy atom. The zero-order valence-corrected chi connectivity index (χ0v) is 16.6. The van der Waals surface area contributed by atoms with E-state index >= 15 is 0 Å². The van der Waals surface area contributed by atoms with Crippen LogP contribution < -0.4 is 5.32 Å². The molecule has 0 saturated carbocycles. The molecule has 0 spiro atoms. The Bertz CT molecular complexity index is 855. The molecule has 26 heavy (non-hydrogen) atoms. The number of rotatable bonds is 7. The number of sulfone groups is 1. The maximum absolute atomic E-state index is 12.7. The van der Waals surface area contributed by atoms with Gasteiger partial charge in [0.1, 0.15) is 0 Å². The number of carbonyl (C=O) groups excluding carboxylic acids is 1. The van der Waals surface area contributed by atoms with Crippen molar-refractivity contribution in [3.63, 3.8) is 0 Å². The minimum atomic E-state index is -3.14. The Kier molecular flexibility index (Phi) is 6.59. The Hall–Kier alpha value is -2.14. The average molecular weight is 374 g/mol. The van der Waals surface area contributed by atoms with Crippen LogP contribution in [-0.2, 0) is 22.0 Å². The number of hydrogen-bond acceptors (Lipinski definition) is 3. The molecule has 0 saturated heterocycles. The predicted octanol–water partition coefficient (Wildman–Crippen LogP) is 3.92. The highest BCUT2D eigenvalue weighted by Crippen LogP contribution is 2.23.